The predicted octanol–water partition coefficient (Wildman–Crippen LogP) is 2.67. The fourth-order valence-electron chi connectivity index (χ4n) is 2.00. The average molecular weight is 289 g/mol. The third-order valence-corrected chi connectivity index (χ3v) is 3.51. The van der Waals surface area contributed by atoms with Crippen LogP contribution in [0.15, 0.2) is 18.2 Å². The maximum absolute atomic E-state index is 6.03. The Morgan fingerprint density at radius 2 is 2.00 bits per heavy atom. The zero-order chi connectivity index (χ0) is 12.8. The quantitative estimate of drug-likeness (QED) is 0.843. The van der Waals surface area contributed by atoms with Crippen molar-refractivity contribution in [3.8, 4) is 5.75 Å². The van der Waals surface area contributed by atoms with E-state index in [1.165, 1.54) is 0 Å². The summed E-state index contributed by atoms with van der Waals surface area (Å²) < 4.78 is 5.65. The molecular formula is C13H18Cl2N2O. The largest absolute Gasteiger partial charge is 0.492 e. The predicted molar refractivity (Wildman–Crippen MR) is 75.9 cm³/mol. The smallest absolute Gasteiger partial charge is 0.137 e. The average Bonchev–Trinajstić information content (AvgIpc) is 2.38. The van der Waals surface area contributed by atoms with Crippen molar-refractivity contribution in [3.63, 3.8) is 0 Å². The number of benzene rings is 1. The van der Waals surface area contributed by atoms with Crippen LogP contribution in [0.25, 0.3) is 0 Å². The van der Waals surface area contributed by atoms with Gasteiger partial charge < -0.3 is 15.0 Å². The van der Waals surface area contributed by atoms with Crippen LogP contribution in [-0.2, 0) is 0 Å². The van der Waals surface area contributed by atoms with Gasteiger partial charge in [-0.3, -0.25) is 0 Å². The number of hydrogen-bond acceptors (Lipinski definition) is 3. The Hall–Kier alpha value is -0.480. The Morgan fingerprint density at radius 1 is 1.22 bits per heavy atom. The van der Waals surface area contributed by atoms with Crippen LogP contribution in [0.2, 0.25) is 10.0 Å². The molecule has 0 atom stereocenters. The van der Waals surface area contributed by atoms with Gasteiger partial charge in [0.15, 0.2) is 0 Å². The molecule has 3 nitrogen and oxygen atoms in total. The molecule has 5 heteroatoms. The van der Waals surface area contributed by atoms with Gasteiger partial charge in [-0.05, 0) is 24.6 Å². The molecule has 0 unspecified atom stereocenters. The third-order valence-electron chi connectivity index (χ3n) is 2.98. The zero-order valence-corrected chi connectivity index (χ0v) is 11.8. The lowest BCUT2D eigenvalue weighted by Crippen LogP contribution is -2.43. The molecule has 0 amide bonds. The van der Waals surface area contributed by atoms with Gasteiger partial charge in [0, 0.05) is 37.7 Å². The van der Waals surface area contributed by atoms with Crippen molar-refractivity contribution < 1.29 is 4.74 Å². The molecule has 0 aromatic heterocycles. The van der Waals surface area contributed by atoms with Crippen LogP contribution in [0, 0.1) is 0 Å². The second-order valence-corrected chi connectivity index (χ2v) is 5.21. The van der Waals surface area contributed by atoms with E-state index in [4.69, 9.17) is 27.9 Å². The first-order valence-corrected chi connectivity index (χ1v) is 7.02. The molecule has 0 spiro atoms. The van der Waals surface area contributed by atoms with Crippen molar-refractivity contribution in [2.24, 2.45) is 0 Å². The lowest BCUT2D eigenvalue weighted by molar-refractivity contribution is 0.214. The van der Waals surface area contributed by atoms with Crippen molar-refractivity contribution in [1.29, 1.82) is 0 Å². The van der Waals surface area contributed by atoms with Crippen LogP contribution in [0.1, 0.15) is 6.42 Å². The lowest BCUT2D eigenvalue weighted by atomic mass is 10.3. The van der Waals surface area contributed by atoms with Crippen LogP contribution in [0.4, 0.5) is 0 Å². The first-order valence-electron chi connectivity index (χ1n) is 6.26. The van der Waals surface area contributed by atoms with E-state index in [0.29, 0.717) is 22.4 Å². The molecule has 0 radical (unpaired) electrons. The molecule has 1 heterocycles. The minimum Gasteiger partial charge on any atom is -0.492 e. The lowest BCUT2D eigenvalue weighted by Gasteiger charge is -2.27. The highest BCUT2D eigenvalue weighted by Gasteiger charge is 2.08. The maximum atomic E-state index is 6.03. The van der Waals surface area contributed by atoms with Gasteiger partial charge >= 0.3 is 0 Å². The summed E-state index contributed by atoms with van der Waals surface area (Å²) in [6.45, 7) is 6.19. The molecule has 0 saturated carbocycles. The summed E-state index contributed by atoms with van der Waals surface area (Å²) in [5.41, 5.74) is 0. The number of ether oxygens (including phenoxy) is 1. The van der Waals surface area contributed by atoms with Crippen LogP contribution in [0.3, 0.4) is 0 Å². The monoisotopic (exact) mass is 288 g/mol. The minimum atomic E-state index is 0.574. The van der Waals surface area contributed by atoms with Crippen molar-refractivity contribution in [2.75, 3.05) is 39.3 Å². The van der Waals surface area contributed by atoms with E-state index in [1.807, 2.05) is 6.07 Å². The van der Waals surface area contributed by atoms with Crippen LogP contribution in [0.5, 0.6) is 5.75 Å². The number of nitrogens with one attached hydrogen (secondary N) is 1. The molecule has 0 bridgehead atoms. The highest BCUT2D eigenvalue weighted by atomic mass is 35.5. The molecule has 1 fully saturated rings. The number of piperazine rings is 1. The van der Waals surface area contributed by atoms with Crippen molar-refractivity contribution >= 4 is 23.2 Å². The minimum absolute atomic E-state index is 0.574. The molecule has 2 rings (SSSR count). The highest BCUT2D eigenvalue weighted by molar-refractivity contribution is 6.35. The first kappa shape index (κ1) is 13.9. The molecule has 100 valence electrons. The Morgan fingerprint density at radius 3 is 2.72 bits per heavy atom. The van der Waals surface area contributed by atoms with Gasteiger partial charge in [-0.2, -0.15) is 0 Å². The van der Waals surface area contributed by atoms with Crippen LogP contribution in [-0.4, -0.2) is 44.2 Å². The molecule has 0 aliphatic carbocycles. The Balaban J connectivity index is 1.68. The number of halogens is 2. The van der Waals surface area contributed by atoms with Gasteiger partial charge in [0.25, 0.3) is 0 Å². The number of nitrogens with zero attached hydrogens (tertiary/aromatic N) is 1. The fraction of sp³-hybridized carbons (Fsp3) is 0.538. The Labute approximate surface area is 118 Å². The molecule has 18 heavy (non-hydrogen) atoms. The van der Waals surface area contributed by atoms with Crippen molar-refractivity contribution in [2.45, 2.75) is 6.42 Å². The summed E-state index contributed by atoms with van der Waals surface area (Å²) in [6, 6.07) is 5.31. The van der Waals surface area contributed by atoms with Crippen LogP contribution < -0.4 is 10.1 Å². The van der Waals surface area contributed by atoms with Gasteiger partial charge in [-0.1, -0.05) is 23.2 Å². The van der Waals surface area contributed by atoms with E-state index in [2.05, 4.69) is 10.2 Å². The molecule has 1 aromatic rings. The molecule has 1 aromatic carbocycles. The van der Waals surface area contributed by atoms with E-state index in [1.54, 1.807) is 12.1 Å². The van der Waals surface area contributed by atoms with E-state index in [0.717, 1.165) is 39.1 Å². The number of hydrogen-bond donors (Lipinski definition) is 1. The van der Waals surface area contributed by atoms with E-state index in [9.17, 15) is 0 Å². The SMILES string of the molecule is Clc1ccc(OCCCN2CCNCC2)c(Cl)c1. The third kappa shape index (κ3) is 4.32. The second kappa shape index (κ2) is 7.19. The van der Waals surface area contributed by atoms with Gasteiger partial charge in [0.1, 0.15) is 5.75 Å². The molecule has 1 saturated heterocycles. The molecule has 1 aliphatic heterocycles. The first-order chi connectivity index (χ1) is 8.75. The molecule has 1 N–H and O–H groups in total. The summed E-state index contributed by atoms with van der Waals surface area (Å²) in [6.07, 6.45) is 1.01. The van der Waals surface area contributed by atoms with Crippen molar-refractivity contribution in [1.82, 2.24) is 10.2 Å². The molecule has 1 aliphatic rings. The summed E-state index contributed by atoms with van der Waals surface area (Å²) in [7, 11) is 0. The maximum Gasteiger partial charge on any atom is 0.137 e. The number of rotatable bonds is 5. The van der Waals surface area contributed by atoms with Gasteiger partial charge in [0.2, 0.25) is 0 Å². The van der Waals surface area contributed by atoms with Gasteiger partial charge in [-0.15, -0.1) is 0 Å². The summed E-state index contributed by atoms with van der Waals surface area (Å²) >= 11 is 11.9. The normalized spacial score (nSPS) is 16.8. The molecular weight excluding hydrogens is 271 g/mol. The van der Waals surface area contributed by atoms with E-state index < -0.39 is 0 Å². The van der Waals surface area contributed by atoms with Crippen LogP contribution >= 0.6 is 23.2 Å². The summed E-state index contributed by atoms with van der Waals surface area (Å²) in [5, 5.41) is 4.55. The van der Waals surface area contributed by atoms with E-state index in [-0.39, 0.29) is 0 Å². The topological polar surface area (TPSA) is 24.5 Å². The second-order valence-electron chi connectivity index (χ2n) is 4.37. The zero-order valence-electron chi connectivity index (χ0n) is 10.3. The summed E-state index contributed by atoms with van der Waals surface area (Å²) in [4.78, 5) is 2.45. The summed E-state index contributed by atoms with van der Waals surface area (Å²) in [5.74, 6) is 0.710. The van der Waals surface area contributed by atoms with E-state index >= 15 is 0 Å². The Kier molecular flexibility index (Phi) is 5.57. The van der Waals surface area contributed by atoms with Gasteiger partial charge in [0.05, 0.1) is 11.6 Å². The fourth-order valence-corrected chi connectivity index (χ4v) is 2.46. The highest BCUT2D eigenvalue weighted by Crippen LogP contribution is 2.27. The van der Waals surface area contributed by atoms with Crippen molar-refractivity contribution in [3.05, 3.63) is 28.2 Å². The Bertz CT molecular complexity index is 381. The standard InChI is InChI=1S/C13H18Cl2N2O/c14-11-2-3-13(12(15)10-11)18-9-1-6-17-7-4-16-5-8-17/h2-3,10,16H,1,4-9H2. The van der Waals surface area contributed by atoms with Gasteiger partial charge in [-0.25, -0.2) is 0 Å².